The zero-order valence-corrected chi connectivity index (χ0v) is 14.0. The number of fused-ring (bicyclic) bond motifs is 1. The summed E-state index contributed by atoms with van der Waals surface area (Å²) in [5.41, 5.74) is 2.29. The van der Waals surface area contributed by atoms with Crippen LogP contribution >= 0.6 is 0 Å². The van der Waals surface area contributed by atoms with Gasteiger partial charge in [0.2, 0.25) is 5.91 Å². The van der Waals surface area contributed by atoms with Crippen molar-refractivity contribution in [3.05, 3.63) is 30.2 Å². The fraction of sp³-hybridized carbons (Fsp3) is 0.556. The Balaban J connectivity index is 1.76. The van der Waals surface area contributed by atoms with Gasteiger partial charge in [-0.25, -0.2) is 4.98 Å². The SMILES string of the molecule is Cc1cc(NC(=O)C(C)(C)C2CCC(O)CC2)cn2ccnc12. The lowest BCUT2D eigenvalue weighted by Gasteiger charge is -2.37. The van der Waals surface area contributed by atoms with Gasteiger partial charge in [-0.15, -0.1) is 0 Å². The fourth-order valence-corrected chi connectivity index (χ4v) is 3.55. The molecule has 23 heavy (non-hydrogen) atoms. The molecular formula is C18H25N3O2. The van der Waals surface area contributed by atoms with Crippen LogP contribution in [0.4, 0.5) is 5.69 Å². The van der Waals surface area contributed by atoms with Crippen LogP contribution in [0.2, 0.25) is 0 Å². The summed E-state index contributed by atoms with van der Waals surface area (Å²) in [5.74, 6) is 0.349. The number of carbonyl (C=O) groups is 1. The number of hydrogen-bond acceptors (Lipinski definition) is 3. The summed E-state index contributed by atoms with van der Waals surface area (Å²) in [6.45, 7) is 6.01. The number of amides is 1. The number of nitrogens with one attached hydrogen (secondary N) is 1. The highest BCUT2D eigenvalue weighted by Crippen LogP contribution is 2.39. The Labute approximate surface area is 136 Å². The average molecular weight is 315 g/mol. The van der Waals surface area contributed by atoms with Crippen molar-refractivity contribution in [2.45, 2.75) is 52.6 Å². The van der Waals surface area contributed by atoms with Gasteiger partial charge >= 0.3 is 0 Å². The van der Waals surface area contributed by atoms with Crippen molar-refractivity contribution in [3.8, 4) is 0 Å². The molecule has 1 fully saturated rings. The molecule has 5 heteroatoms. The largest absolute Gasteiger partial charge is 0.393 e. The predicted octanol–water partition coefficient (Wildman–Crippen LogP) is 3.16. The first-order valence-corrected chi connectivity index (χ1v) is 8.31. The average Bonchev–Trinajstić information content (AvgIpc) is 2.96. The van der Waals surface area contributed by atoms with Crippen LogP contribution in [0.15, 0.2) is 24.7 Å². The molecule has 1 amide bonds. The van der Waals surface area contributed by atoms with E-state index < -0.39 is 5.41 Å². The van der Waals surface area contributed by atoms with Gasteiger partial charge < -0.3 is 14.8 Å². The molecule has 0 atom stereocenters. The second kappa shape index (κ2) is 5.96. The minimum atomic E-state index is -0.446. The molecule has 124 valence electrons. The Hall–Kier alpha value is -1.88. The molecule has 0 bridgehead atoms. The van der Waals surface area contributed by atoms with E-state index in [9.17, 15) is 9.90 Å². The molecule has 2 N–H and O–H groups in total. The quantitative estimate of drug-likeness (QED) is 0.914. The van der Waals surface area contributed by atoms with Crippen molar-refractivity contribution in [3.63, 3.8) is 0 Å². The highest BCUT2D eigenvalue weighted by Gasteiger charge is 2.38. The third kappa shape index (κ3) is 3.11. The molecule has 0 radical (unpaired) electrons. The molecule has 1 aliphatic carbocycles. The van der Waals surface area contributed by atoms with Crippen LogP contribution in [0.3, 0.4) is 0 Å². The van der Waals surface area contributed by atoms with Crippen LogP contribution in [0.1, 0.15) is 45.1 Å². The molecule has 2 heterocycles. The van der Waals surface area contributed by atoms with E-state index in [0.29, 0.717) is 5.92 Å². The molecule has 0 unspecified atom stereocenters. The van der Waals surface area contributed by atoms with Gasteiger partial charge in [0.25, 0.3) is 0 Å². The fourth-order valence-electron chi connectivity index (χ4n) is 3.55. The van der Waals surface area contributed by atoms with Crippen LogP contribution in [0.25, 0.3) is 5.65 Å². The Morgan fingerprint density at radius 2 is 2.04 bits per heavy atom. The van der Waals surface area contributed by atoms with Crippen LogP contribution < -0.4 is 5.32 Å². The van der Waals surface area contributed by atoms with Crippen molar-refractivity contribution in [2.75, 3.05) is 5.32 Å². The first-order valence-electron chi connectivity index (χ1n) is 8.31. The molecule has 2 aromatic rings. The van der Waals surface area contributed by atoms with Gasteiger partial charge in [-0.2, -0.15) is 0 Å². The number of imidazole rings is 1. The summed E-state index contributed by atoms with van der Waals surface area (Å²) in [6.07, 6.45) is 8.73. The highest BCUT2D eigenvalue weighted by atomic mass is 16.3. The predicted molar refractivity (Wildman–Crippen MR) is 90.3 cm³/mol. The first kappa shape index (κ1) is 16.0. The van der Waals surface area contributed by atoms with Crippen molar-refractivity contribution in [1.82, 2.24) is 9.38 Å². The second-order valence-electron chi connectivity index (χ2n) is 7.25. The topological polar surface area (TPSA) is 66.6 Å². The third-order valence-corrected chi connectivity index (χ3v) is 5.23. The van der Waals surface area contributed by atoms with E-state index in [2.05, 4.69) is 10.3 Å². The Morgan fingerprint density at radius 3 is 2.74 bits per heavy atom. The number of pyridine rings is 1. The van der Waals surface area contributed by atoms with E-state index in [1.807, 2.05) is 43.6 Å². The number of anilines is 1. The summed E-state index contributed by atoms with van der Waals surface area (Å²) in [6, 6.07) is 1.96. The van der Waals surface area contributed by atoms with Gasteiger partial charge in [-0.1, -0.05) is 13.8 Å². The number of aryl methyl sites for hydroxylation is 1. The second-order valence-corrected chi connectivity index (χ2v) is 7.25. The smallest absolute Gasteiger partial charge is 0.230 e. The van der Waals surface area contributed by atoms with Crippen LogP contribution in [-0.2, 0) is 4.79 Å². The van der Waals surface area contributed by atoms with Crippen molar-refractivity contribution in [1.29, 1.82) is 0 Å². The van der Waals surface area contributed by atoms with E-state index >= 15 is 0 Å². The number of rotatable bonds is 3. The highest BCUT2D eigenvalue weighted by molar-refractivity contribution is 5.95. The summed E-state index contributed by atoms with van der Waals surface area (Å²) in [5, 5.41) is 12.7. The van der Waals surface area contributed by atoms with Gasteiger partial charge in [0.15, 0.2) is 0 Å². The van der Waals surface area contributed by atoms with Gasteiger partial charge in [-0.05, 0) is 50.2 Å². The molecular weight excluding hydrogens is 290 g/mol. The molecule has 2 aromatic heterocycles. The minimum absolute atomic E-state index is 0.0396. The lowest BCUT2D eigenvalue weighted by atomic mass is 9.70. The van der Waals surface area contributed by atoms with Crippen LogP contribution in [0.5, 0.6) is 0 Å². The normalized spacial score (nSPS) is 22.3. The maximum absolute atomic E-state index is 12.8. The maximum Gasteiger partial charge on any atom is 0.230 e. The standard InChI is InChI=1S/C18H25N3O2/c1-12-10-14(11-21-9-8-19-16(12)21)20-17(23)18(2,3)13-4-6-15(22)7-5-13/h8-11,13,15,22H,4-7H2,1-3H3,(H,20,23). The number of carbonyl (C=O) groups excluding carboxylic acids is 1. The lowest BCUT2D eigenvalue weighted by molar-refractivity contribution is -0.127. The van der Waals surface area contributed by atoms with Gasteiger partial charge in [0.05, 0.1) is 11.8 Å². The van der Waals surface area contributed by atoms with Crippen LogP contribution in [-0.4, -0.2) is 26.5 Å². The van der Waals surface area contributed by atoms with E-state index in [-0.39, 0.29) is 12.0 Å². The monoisotopic (exact) mass is 315 g/mol. The van der Waals surface area contributed by atoms with Gasteiger partial charge in [0.1, 0.15) is 5.65 Å². The molecule has 0 aromatic carbocycles. The number of aliphatic hydroxyl groups is 1. The Kier molecular flexibility index (Phi) is 4.15. The lowest BCUT2D eigenvalue weighted by Crippen LogP contribution is -2.40. The third-order valence-electron chi connectivity index (χ3n) is 5.23. The number of aliphatic hydroxyl groups excluding tert-OH is 1. The summed E-state index contributed by atoms with van der Waals surface area (Å²) < 4.78 is 1.93. The number of nitrogens with zero attached hydrogens (tertiary/aromatic N) is 2. The van der Waals surface area contributed by atoms with E-state index in [4.69, 9.17) is 0 Å². The zero-order chi connectivity index (χ0) is 16.6. The van der Waals surface area contributed by atoms with E-state index in [1.54, 1.807) is 6.20 Å². The molecule has 0 spiro atoms. The van der Waals surface area contributed by atoms with Crippen molar-refractivity contribution >= 4 is 17.2 Å². The Morgan fingerprint density at radius 1 is 1.35 bits per heavy atom. The van der Waals surface area contributed by atoms with Gasteiger partial charge in [0, 0.05) is 24.0 Å². The van der Waals surface area contributed by atoms with Crippen molar-refractivity contribution < 1.29 is 9.90 Å². The van der Waals surface area contributed by atoms with E-state index in [0.717, 1.165) is 42.6 Å². The maximum atomic E-state index is 12.8. The van der Waals surface area contributed by atoms with Crippen LogP contribution in [0, 0.1) is 18.3 Å². The zero-order valence-electron chi connectivity index (χ0n) is 14.0. The molecule has 0 saturated heterocycles. The number of hydrogen-bond donors (Lipinski definition) is 2. The van der Waals surface area contributed by atoms with Gasteiger partial charge in [-0.3, -0.25) is 4.79 Å². The van der Waals surface area contributed by atoms with E-state index in [1.165, 1.54) is 0 Å². The first-order chi connectivity index (χ1) is 10.9. The number of aromatic nitrogens is 2. The molecule has 0 aliphatic heterocycles. The minimum Gasteiger partial charge on any atom is -0.393 e. The summed E-state index contributed by atoms with van der Waals surface area (Å²) >= 11 is 0. The molecule has 5 nitrogen and oxygen atoms in total. The summed E-state index contributed by atoms with van der Waals surface area (Å²) in [4.78, 5) is 17.1. The summed E-state index contributed by atoms with van der Waals surface area (Å²) in [7, 11) is 0. The Bertz CT molecular complexity index is 712. The molecule has 3 rings (SSSR count). The molecule has 1 aliphatic rings. The van der Waals surface area contributed by atoms with Crippen molar-refractivity contribution in [2.24, 2.45) is 11.3 Å². The molecule has 1 saturated carbocycles.